The van der Waals surface area contributed by atoms with Crippen LogP contribution in [-0.4, -0.2) is 37.6 Å². The average molecular weight is 242 g/mol. The molecule has 1 fully saturated rings. The molecule has 0 spiro atoms. The minimum Gasteiger partial charge on any atom is -0.396 e. The first-order valence-electron chi connectivity index (χ1n) is 6.13. The molecule has 1 aromatic carbocycles. The molecule has 1 saturated heterocycles. The molecule has 4 heteroatoms. The first-order valence-corrected chi connectivity index (χ1v) is 6.13. The Labute approximate surface area is 108 Å². The van der Waals surface area contributed by atoms with Crippen LogP contribution in [0, 0.1) is 11.3 Å². The van der Waals surface area contributed by atoms with Crippen LogP contribution in [0.15, 0.2) is 30.9 Å². The summed E-state index contributed by atoms with van der Waals surface area (Å²) in [5.41, 5.74) is 8.15. The van der Waals surface area contributed by atoms with Gasteiger partial charge in [0.1, 0.15) is 6.07 Å². The lowest BCUT2D eigenvalue weighted by atomic mass is 10.1. The Morgan fingerprint density at radius 2 is 2.06 bits per heavy atom. The topological polar surface area (TPSA) is 56.3 Å². The predicted octanol–water partition coefficient (Wildman–Crippen LogP) is 1.45. The quantitative estimate of drug-likeness (QED) is 0.644. The predicted molar refractivity (Wildman–Crippen MR) is 74.4 cm³/mol. The number of para-hydroxylation sites is 1. The van der Waals surface area contributed by atoms with Crippen molar-refractivity contribution >= 4 is 11.4 Å². The third-order valence-corrected chi connectivity index (χ3v) is 3.30. The molecule has 0 atom stereocenters. The Balaban J connectivity index is 2.10. The molecule has 18 heavy (non-hydrogen) atoms. The maximum absolute atomic E-state index is 8.99. The maximum atomic E-state index is 8.99. The second-order valence-electron chi connectivity index (χ2n) is 4.43. The van der Waals surface area contributed by atoms with Gasteiger partial charge in [0.15, 0.2) is 0 Å². The molecule has 0 aromatic heterocycles. The molecular weight excluding hydrogens is 224 g/mol. The van der Waals surface area contributed by atoms with Crippen LogP contribution < -0.4 is 10.6 Å². The van der Waals surface area contributed by atoms with Crippen LogP contribution in [0.5, 0.6) is 0 Å². The standard InChI is InChI=1S/C14H18N4/c1-2-6-17-7-9-18(10-8-17)13-5-3-4-12(11-15)14(13)16/h2-5H,1,6-10,16H2. The van der Waals surface area contributed by atoms with Gasteiger partial charge in [-0.15, -0.1) is 6.58 Å². The molecule has 2 rings (SSSR count). The van der Waals surface area contributed by atoms with Crippen molar-refractivity contribution in [1.29, 1.82) is 5.26 Å². The highest BCUT2D eigenvalue weighted by Crippen LogP contribution is 2.27. The van der Waals surface area contributed by atoms with E-state index in [1.807, 2.05) is 18.2 Å². The number of nitrogens with two attached hydrogens (primary N) is 1. The van der Waals surface area contributed by atoms with Crippen LogP contribution in [0.2, 0.25) is 0 Å². The van der Waals surface area contributed by atoms with E-state index < -0.39 is 0 Å². The summed E-state index contributed by atoms with van der Waals surface area (Å²) in [5.74, 6) is 0. The lowest BCUT2D eigenvalue weighted by Gasteiger charge is -2.36. The molecule has 1 aliphatic heterocycles. The Bertz CT molecular complexity index is 467. The summed E-state index contributed by atoms with van der Waals surface area (Å²) in [4.78, 5) is 4.60. The zero-order valence-electron chi connectivity index (χ0n) is 10.5. The van der Waals surface area contributed by atoms with E-state index in [0.29, 0.717) is 11.3 Å². The van der Waals surface area contributed by atoms with Crippen LogP contribution in [0.1, 0.15) is 5.56 Å². The third-order valence-electron chi connectivity index (χ3n) is 3.30. The summed E-state index contributed by atoms with van der Waals surface area (Å²) in [6.45, 7) is 8.57. The van der Waals surface area contributed by atoms with Gasteiger partial charge in [-0.1, -0.05) is 12.1 Å². The zero-order valence-corrected chi connectivity index (χ0v) is 10.5. The van der Waals surface area contributed by atoms with Crippen LogP contribution in [0.25, 0.3) is 0 Å². The van der Waals surface area contributed by atoms with Gasteiger partial charge in [0.25, 0.3) is 0 Å². The summed E-state index contributed by atoms with van der Waals surface area (Å²) in [5, 5.41) is 8.99. The van der Waals surface area contributed by atoms with E-state index >= 15 is 0 Å². The van der Waals surface area contributed by atoms with Gasteiger partial charge >= 0.3 is 0 Å². The number of rotatable bonds is 3. The lowest BCUT2D eigenvalue weighted by Crippen LogP contribution is -2.46. The second-order valence-corrected chi connectivity index (χ2v) is 4.43. The van der Waals surface area contributed by atoms with Crippen LogP contribution in [-0.2, 0) is 0 Å². The minimum absolute atomic E-state index is 0.557. The van der Waals surface area contributed by atoms with Crippen molar-refractivity contribution in [2.75, 3.05) is 43.4 Å². The highest BCUT2D eigenvalue weighted by Gasteiger charge is 2.18. The zero-order chi connectivity index (χ0) is 13.0. The van der Waals surface area contributed by atoms with E-state index in [9.17, 15) is 0 Å². The average Bonchev–Trinajstić information content (AvgIpc) is 2.41. The minimum atomic E-state index is 0.557. The molecular formula is C14H18N4. The van der Waals surface area contributed by atoms with Gasteiger partial charge in [-0.05, 0) is 12.1 Å². The first-order chi connectivity index (χ1) is 8.76. The third kappa shape index (κ3) is 2.47. The van der Waals surface area contributed by atoms with Crippen LogP contribution in [0.3, 0.4) is 0 Å². The molecule has 0 amide bonds. The number of hydrogen-bond donors (Lipinski definition) is 1. The van der Waals surface area contributed by atoms with Gasteiger partial charge < -0.3 is 10.6 Å². The fourth-order valence-electron chi connectivity index (χ4n) is 2.28. The highest BCUT2D eigenvalue weighted by molar-refractivity contribution is 5.74. The Hall–Kier alpha value is -1.99. The SMILES string of the molecule is C=CCN1CCN(c2cccc(C#N)c2N)CC1. The normalized spacial score (nSPS) is 16.3. The lowest BCUT2D eigenvalue weighted by molar-refractivity contribution is 0.284. The van der Waals surface area contributed by atoms with Gasteiger partial charge in [-0.25, -0.2) is 0 Å². The number of nitriles is 1. The number of nitrogen functional groups attached to an aromatic ring is 1. The highest BCUT2D eigenvalue weighted by atomic mass is 15.3. The summed E-state index contributed by atoms with van der Waals surface area (Å²) in [6.07, 6.45) is 1.93. The van der Waals surface area contributed by atoms with Crippen molar-refractivity contribution in [3.05, 3.63) is 36.4 Å². The van der Waals surface area contributed by atoms with E-state index in [0.717, 1.165) is 38.4 Å². The van der Waals surface area contributed by atoms with E-state index in [1.54, 1.807) is 6.07 Å². The van der Waals surface area contributed by atoms with Gasteiger partial charge in [-0.2, -0.15) is 5.26 Å². The molecule has 94 valence electrons. The van der Waals surface area contributed by atoms with Crippen molar-refractivity contribution < 1.29 is 0 Å². The molecule has 0 radical (unpaired) electrons. The molecule has 0 saturated carbocycles. The van der Waals surface area contributed by atoms with E-state index in [-0.39, 0.29) is 0 Å². The van der Waals surface area contributed by atoms with E-state index in [4.69, 9.17) is 11.0 Å². The van der Waals surface area contributed by atoms with Gasteiger partial charge in [-0.3, -0.25) is 4.90 Å². The first kappa shape index (κ1) is 12.5. The fourth-order valence-corrected chi connectivity index (χ4v) is 2.28. The molecule has 4 nitrogen and oxygen atoms in total. The summed E-state index contributed by atoms with van der Waals surface area (Å²) >= 11 is 0. The monoisotopic (exact) mass is 242 g/mol. The van der Waals surface area contributed by atoms with Crippen LogP contribution >= 0.6 is 0 Å². The smallest absolute Gasteiger partial charge is 0.101 e. The Morgan fingerprint density at radius 1 is 1.33 bits per heavy atom. The number of benzene rings is 1. The maximum Gasteiger partial charge on any atom is 0.101 e. The molecule has 1 heterocycles. The largest absolute Gasteiger partial charge is 0.396 e. The van der Waals surface area contributed by atoms with Crippen molar-refractivity contribution in [3.8, 4) is 6.07 Å². The number of hydrogen-bond acceptors (Lipinski definition) is 4. The molecule has 0 aliphatic carbocycles. The Morgan fingerprint density at radius 3 is 2.67 bits per heavy atom. The number of nitrogens with zero attached hydrogens (tertiary/aromatic N) is 3. The number of anilines is 2. The van der Waals surface area contributed by atoms with Crippen molar-refractivity contribution in [3.63, 3.8) is 0 Å². The molecule has 2 N–H and O–H groups in total. The van der Waals surface area contributed by atoms with E-state index in [2.05, 4.69) is 22.4 Å². The summed E-state index contributed by atoms with van der Waals surface area (Å²) in [7, 11) is 0. The molecule has 0 unspecified atom stereocenters. The summed E-state index contributed by atoms with van der Waals surface area (Å²) < 4.78 is 0. The Kier molecular flexibility index (Phi) is 3.85. The molecule has 1 aliphatic rings. The number of piperazine rings is 1. The van der Waals surface area contributed by atoms with Gasteiger partial charge in [0, 0.05) is 32.7 Å². The molecule has 0 bridgehead atoms. The van der Waals surface area contributed by atoms with Crippen molar-refractivity contribution in [2.45, 2.75) is 0 Å². The van der Waals surface area contributed by atoms with Crippen molar-refractivity contribution in [1.82, 2.24) is 4.90 Å². The fraction of sp³-hybridized carbons (Fsp3) is 0.357. The molecule has 1 aromatic rings. The summed E-state index contributed by atoms with van der Waals surface area (Å²) in [6, 6.07) is 7.76. The van der Waals surface area contributed by atoms with Gasteiger partial charge in [0.05, 0.1) is 16.9 Å². The van der Waals surface area contributed by atoms with E-state index in [1.165, 1.54) is 0 Å². The second kappa shape index (κ2) is 5.56. The van der Waals surface area contributed by atoms with Crippen molar-refractivity contribution in [2.24, 2.45) is 0 Å². The van der Waals surface area contributed by atoms with Crippen LogP contribution in [0.4, 0.5) is 11.4 Å². The van der Waals surface area contributed by atoms with Gasteiger partial charge in [0.2, 0.25) is 0 Å².